The molecule has 0 aliphatic rings. The van der Waals surface area contributed by atoms with Gasteiger partial charge in [0.15, 0.2) is 0 Å². The molecule has 1 radical (unpaired) electrons. The average Bonchev–Trinajstić information content (AvgIpc) is 2.14. The van der Waals surface area contributed by atoms with Crippen LogP contribution in [0.15, 0.2) is 17.3 Å². The maximum absolute atomic E-state index is 3.58. The average molecular weight is 109 g/mol. The number of thiophene rings is 1. The molecule has 7 heavy (non-hydrogen) atoms. The normalized spacial score (nSPS) is 8.57. The minimum absolute atomic E-state index is 1.09. The van der Waals surface area contributed by atoms with Gasteiger partial charge in [-0.1, -0.05) is 12.7 Å². The Morgan fingerprint density at radius 1 is 1.86 bits per heavy atom. The van der Waals surface area contributed by atoms with Crippen LogP contribution in [0.3, 0.4) is 0 Å². The molecule has 0 aliphatic carbocycles. The van der Waals surface area contributed by atoms with Crippen molar-refractivity contribution in [3.63, 3.8) is 0 Å². The van der Waals surface area contributed by atoms with Gasteiger partial charge in [0.2, 0.25) is 0 Å². The first kappa shape index (κ1) is 4.60. The van der Waals surface area contributed by atoms with Crippen LogP contribution in [-0.4, -0.2) is 0 Å². The molecule has 0 bridgehead atoms. The van der Waals surface area contributed by atoms with Gasteiger partial charge in [0.1, 0.15) is 0 Å². The molecule has 0 fully saturated rings. The molecule has 0 amide bonds. The topological polar surface area (TPSA) is 0 Å². The zero-order valence-corrected chi connectivity index (χ0v) is 4.66. The van der Waals surface area contributed by atoms with Crippen molar-refractivity contribution in [1.29, 1.82) is 0 Å². The summed E-state index contributed by atoms with van der Waals surface area (Å²) in [5.74, 6) is 0. The Morgan fingerprint density at radius 3 is 3.00 bits per heavy atom. The van der Waals surface area contributed by atoms with E-state index in [1.165, 1.54) is 0 Å². The first-order valence-electron chi connectivity index (χ1n) is 2.00. The summed E-state index contributed by atoms with van der Waals surface area (Å²) in [5, 5.41) is 3.92. The standard InChI is InChI=1S/C6H5S/c1-2-6-3-4-7-5-6/h2,4-5H,1H2. The summed E-state index contributed by atoms with van der Waals surface area (Å²) in [4.78, 5) is 0. The maximum atomic E-state index is 3.58. The van der Waals surface area contributed by atoms with Gasteiger partial charge >= 0.3 is 0 Å². The molecule has 0 spiro atoms. The molecule has 0 aromatic carbocycles. The molecule has 1 heterocycles. The predicted octanol–water partition coefficient (Wildman–Crippen LogP) is 2.19. The molecule has 0 saturated heterocycles. The van der Waals surface area contributed by atoms with E-state index in [2.05, 4.69) is 12.6 Å². The Kier molecular flexibility index (Phi) is 1.27. The Balaban J connectivity index is 2.96. The summed E-state index contributed by atoms with van der Waals surface area (Å²) >= 11 is 1.64. The summed E-state index contributed by atoms with van der Waals surface area (Å²) in [5.41, 5.74) is 1.09. The van der Waals surface area contributed by atoms with Gasteiger partial charge in [0.25, 0.3) is 0 Å². The van der Waals surface area contributed by atoms with Crippen molar-refractivity contribution >= 4 is 17.4 Å². The lowest BCUT2D eigenvalue weighted by Crippen LogP contribution is -1.51. The Bertz CT molecular complexity index is 139. The quantitative estimate of drug-likeness (QED) is 0.518. The second kappa shape index (κ2) is 1.94. The van der Waals surface area contributed by atoms with E-state index in [0.717, 1.165) is 5.56 Å². The maximum Gasteiger partial charge on any atom is 0.000997 e. The van der Waals surface area contributed by atoms with Crippen LogP contribution in [0.2, 0.25) is 0 Å². The molecular weight excluding hydrogens is 104 g/mol. The van der Waals surface area contributed by atoms with Crippen molar-refractivity contribution < 1.29 is 0 Å². The first-order valence-corrected chi connectivity index (χ1v) is 2.94. The van der Waals surface area contributed by atoms with Gasteiger partial charge in [-0.2, -0.15) is 11.3 Å². The lowest BCUT2D eigenvalue weighted by Gasteiger charge is -1.70. The lowest BCUT2D eigenvalue weighted by molar-refractivity contribution is 1.87. The van der Waals surface area contributed by atoms with Gasteiger partial charge in [-0.25, -0.2) is 0 Å². The fourth-order valence-corrected chi connectivity index (χ4v) is 0.933. The van der Waals surface area contributed by atoms with Crippen molar-refractivity contribution in [3.05, 3.63) is 29.0 Å². The predicted molar refractivity (Wildman–Crippen MR) is 33.2 cm³/mol. The van der Waals surface area contributed by atoms with Gasteiger partial charge in [0.05, 0.1) is 0 Å². The van der Waals surface area contributed by atoms with Crippen LogP contribution in [0.1, 0.15) is 5.56 Å². The molecule has 1 rings (SSSR count). The van der Waals surface area contributed by atoms with E-state index in [-0.39, 0.29) is 0 Å². The smallest absolute Gasteiger partial charge is 0.000997 e. The molecule has 0 atom stereocenters. The van der Waals surface area contributed by atoms with Crippen LogP contribution in [0, 0.1) is 6.07 Å². The van der Waals surface area contributed by atoms with E-state index in [1.807, 2.05) is 10.8 Å². The second-order valence-electron chi connectivity index (χ2n) is 1.18. The van der Waals surface area contributed by atoms with Crippen LogP contribution in [-0.2, 0) is 0 Å². The molecule has 0 saturated carbocycles. The summed E-state index contributed by atoms with van der Waals surface area (Å²) in [6, 6.07) is 2.99. The fourth-order valence-electron chi connectivity index (χ4n) is 0.350. The summed E-state index contributed by atoms with van der Waals surface area (Å²) < 4.78 is 0. The van der Waals surface area contributed by atoms with Crippen molar-refractivity contribution in [2.75, 3.05) is 0 Å². The lowest BCUT2D eigenvalue weighted by atomic mass is 10.3. The molecule has 0 unspecified atom stereocenters. The number of hydrogen-bond donors (Lipinski definition) is 0. The Labute approximate surface area is 47.1 Å². The molecule has 1 aromatic rings. The molecule has 0 aliphatic heterocycles. The summed E-state index contributed by atoms with van der Waals surface area (Å²) in [6.07, 6.45) is 1.79. The van der Waals surface area contributed by atoms with Crippen molar-refractivity contribution in [2.24, 2.45) is 0 Å². The molecule has 0 nitrogen and oxygen atoms in total. The van der Waals surface area contributed by atoms with Crippen molar-refractivity contribution in [2.45, 2.75) is 0 Å². The van der Waals surface area contributed by atoms with E-state index in [9.17, 15) is 0 Å². The minimum Gasteiger partial charge on any atom is -0.151 e. The highest BCUT2D eigenvalue weighted by molar-refractivity contribution is 7.08. The van der Waals surface area contributed by atoms with E-state index in [1.54, 1.807) is 17.4 Å². The molecule has 0 N–H and O–H groups in total. The zero-order valence-electron chi connectivity index (χ0n) is 3.85. The van der Waals surface area contributed by atoms with Crippen LogP contribution in [0.5, 0.6) is 0 Å². The van der Waals surface area contributed by atoms with Crippen LogP contribution < -0.4 is 0 Å². The Morgan fingerprint density at radius 2 is 2.71 bits per heavy atom. The molecule has 1 aromatic heterocycles. The summed E-state index contributed by atoms with van der Waals surface area (Å²) in [7, 11) is 0. The Hall–Kier alpha value is -0.560. The van der Waals surface area contributed by atoms with Crippen LogP contribution in [0.25, 0.3) is 6.08 Å². The van der Waals surface area contributed by atoms with Crippen LogP contribution in [0.4, 0.5) is 0 Å². The monoisotopic (exact) mass is 109 g/mol. The highest BCUT2D eigenvalue weighted by Crippen LogP contribution is 2.04. The summed E-state index contributed by atoms with van der Waals surface area (Å²) in [6.45, 7) is 3.58. The zero-order chi connectivity index (χ0) is 5.11. The van der Waals surface area contributed by atoms with Crippen LogP contribution >= 0.6 is 11.3 Å². The van der Waals surface area contributed by atoms with Crippen molar-refractivity contribution in [3.8, 4) is 0 Å². The number of rotatable bonds is 1. The van der Waals surface area contributed by atoms with E-state index >= 15 is 0 Å². The SMILES string of the molecule is C=Cc1[c]csc1. The largest absolute Gasteiger partial charge is 0.151 e. The second-order valence-corrected chi connectivity index (χ2v) is 1.92. The minimum atomic E-state index is 1.09. The highest BCUT2D eigenvalue weighted by atomic mass is 32.1. The van der Waals surface area contributed by atoms with Gasteiger partial charge in [0, 0.05) is 6.07 Å². The molecular formula is C6H5S. The van der Waals surface area contributed by atoms with Gasteiger partial charge in [-0.15, -0.1) is 0 Å². The van der Waals surface area contributed by atoms with Gasteiger partial charge in [-0.05, 0) is 16.3 Å². The third-order valence-corrected chi connectivity index (χ3v) is 1.35. The van der Waals surface area contributed by atoms with Crippen molar-refractivity contribution in [1.82, 2.24) is 0 Å². The molecule has 35 valence electrons. The van der Waals surface area contributed by atoms with E-state index < -0.39 is 0 Å². The third-order valence-electron chi connectivity index (χ3n) is 0.709. The third kappa shape index (κ3) is 0.904. The first-order chi connectivity index (χ1) is 3.43. The van der Waals surface area contributed by atoms with E-state index in [4.69, 9.17) is 0 Å². The number of hydrogen-bond acceptors (Lipinski definition) is 1. The fraction of sp³-hybridized carbons (Fsp3) is 0. The van der Waals surface area contributed by atoms with Gasteiger partial charge < -0.3 is 0 Å². The van der Waals surface area contributed by atoms with E-state index in [0.29, 0.717) is 0 Å². The highest BCUT2D eigenvalue weighted by Gasteiger charge is 1.79. The molecule has 1 heteroatoms. The van der Waals surface area contributed by atoms with Gasteiger partial charge in [-0.3, -0.25) is 0 Å².